The highest BCUT2D eigenvalue weighted by atomic mass is 16.5. The van der Waals surface area contributed by atoms with Gasteiger partial charge in [-0.25, -0.2) is 4.98 Å². The minimum atomic E-state index is -0.726. The number of nitrogens with zero attached hydrogens (tertiary/aromatic N) is 3. The van der Waals surface area contributed by atoms with Gasteiger partial charge in [-0.1, -0.05) is 37.5 Å². The quantitative estimate of drug-likeness (QED) is 0.304. The van der Waals surface area contributed by atoms with Crippen LogP contribution in [0.5, 0.6) is 5.75 Å². The Balaban J connectivity index is 1.43. The second-order valence-corrected chi connectivity index (χ2v) is 11.9. The number of nitrogens with one attached hydrogen (secondary N) is 1. The van der Waals surface area contributed by atoms with Crippen LogP contribution in [0.15, 0.2) is 42.5 Å². The highest BCUT2D eigenvalue weighted by Crippen LogP contribution is 2.47. The molecule has 2 N–H and O–H groups in total. The van der Waals surface area contributed by atoms with Gasteiger partial charge < -0.3 is 24.3 Å². The van der Waals surface area contributed by atoms with Gasteiger partial charge in [0.15, 0.2) is 0 Å². The fraction of sp³-hybridized carbons (Fsp3) is 0.455. The molecule has 1 fully saturated rings. The molecule has 2 aromatic heterocycles. The summed E-state index contributed by atoms with van der Waals surface area (Å²) in [7, 11) is 0. The monoisotopic (exact) mass is 540 g/mol. The summed E-state index contributed by atoms with van der Waals surface area (Å²) < 4.78 is 10.6. The Labute approximate surface area is 236 Å². The normalized spacial score (nSPS) is 15.8. The SMILES string of the molecule is Cc1nc(C(C)(C)NC(=O)c2ccc3c(C4CCCCC4)c4n(c3c2)CCOc2ccccc2-4)n(CCO)c1C. The molecule has 40 heavy (non-hydrogen) atoms. The van der Waals surface area contributed by atoms with Crippen molar-refractivity contribution in [3.05, 3.63) is 70.8 Å². The molecular formula is C33H40N4O3. The number of amides is 1. The molecule has 0 saturated heterocycles. The van der Waals surface area contributed by atoms with E-state index in [0.29, 0.717) is 24.6 Å². The summed E-state index contributed by atoms with van der Waals surface area (Å²) in [6.07, 6.45) is 6.22. The lowest BCUT2D eigenvalue weighted by Gasteiger charge is -2.27. The van der Waals surface area contributed by atoms with E-state index in [-0.39, 0.29) is 12.5 Å². The molecule has 1 aliphatic heterocycles. The van der Waals surface area contributed by atoms with Gasteiger partial charge in [-0.05, 0) is 76.3 Å². The molecule has 0 radical (unpaired) electrons. The molecule has 7 nitrogen and oxygen atoms in total. The molecule has 6 rings (SSSR count). The smallest absolute Gasteiger partial charge is 0.252 e. The maximum Gasteiger partial charge on any atom is 0.252 e. The first-order valence-corrected chi connectivity index (χ1v) is 14.7. The van der Waals surface area contributed by atoms with Crippen molar-refractivity contribution in [1.29, 1.82) is 0 Å². The van der Waals surface area contributed by atoms with Crippen LogP contribution in [0.3, 0.4) is 0 Å². The first-order valence-electron chi connectivity index (χ1n) is 14.7. The van der Waals surface area contributed by atoms with Crippen LogP contribution in [0.25, 0.3) is 22.2 Å². The van der Waals surface area contributed by atoms with Crippen LogP contribution in [0.1, 0.15) is 85.0 Å². The lowest BCUT2D eigenvalue weighted by atomic mass is 9.81. The summed E-state index contributed by atoms with van der Waals surface area (Å²) in [6.45, 7) is 9.68. The van der Waals surface area contributed by atoms with Crippen molar-refractivity contribution in [3.63, 3.8) is 0 Å². The van der Waals surface area contributed by atoms with E-state index in [1.807, 2.05) is 44.4 Å². The number of aromatic nitrogens is 3. The molecule has 2 aliphatic rings. The Morgan fingerprint density at radius 2 is 1.90 bits per heavy atom. The van der Waals surface area contributed by atoms with Crippen molar-refractivity contribution >= 4 is 16.8 Å². The Morgan fingerprint density at radius 1 is 1.12 bits per heavy atom. The number of aryl methyl sites for hydroxylation is 1. The summed E-state index contributed by atoms with van der Waals surface area (Å²) >= 11 is 0. The van der Waals surface area contributed by atoms with Gasteiger partial charge in [0, 0.05) is 34.3 Å². The lowest BCUT2D eigenvalue weighted by Crippen LogP contribution is -2.43. The molecule has 1 amide bonds. The molecule has 0 bridgehead atoms. The minimum Gasteiger partial charge on any atom is -0.491 e. The highest BCUT2D eigenvalue weighted by Gasteiger charge is 2.32. The third kappa shape index (κ3) is 4.50. The predicted molar refractivity (Wildman–Crippen MR) is 158 cm³/mol. The van der Waals surface area contributed by atoms with Crippen molar-refractivity contribution in [3.8, 4) is 17.0 Å². The summed E-state index contributed by atoms with van der Waals surface area (Å²) in [4.78, 5) is 18.5. The number of aliphatic hydroxyl groups is 1. The molecule has 210 valence electrons. The zero-order chi connectivity index (χ0) is 28.0. The average molecular weight is 541 g/mol. The topological polar surface area (TPSA) is 81.3 Å². The van der Waals surface area contributed by atoms with E-state index in [9.17, 15) is 9.90 Å². The summed E-state index contributed by atoms with van der Waals surface area (Å²) in [6, 6.07) is 14.6. The van der Waals surface area contributed by atoms with E-state index in [0.717, 1.165) is 40.6 Å². The van der Waals surface area contributed by atoms with E-state index in [2.05, 4.69) is 40.2 Å². The number of hydrogen-bond acceptors (Lipinski definition) is 4. The van der Waals surface area contributed by atoms with E-state index in [4.69, 9.17) is 9.72 Å². The van der Waals surface area contributed by atoms with Gasteiger partial charge >= 0.3 is 0 Å². The number of hydrogen-bond donors (Lipinski definition) is 2. The third-order valence-electron chi connectivity index (χ3n) is 8.86. The zero-order valence-electron chi connectivity index (χ0n) is 24.1. The minimum absolute atomic E-state index is 0.0137. The van der Waals surface area contributed by atoms with Gasteiger partial charge in [-0.15, -0.1) is 0 Å². The van der Waals surface area contributed by atoms with Crippen LogP contribution >= 0.6 is 0 Å². The second-order valence-electron chi connectivity index (χ2n) is 11.9. The van der Waals surface area contributed by atoms with Crippen LogP contribution < -0.4 is 10.1 Å². The van der Waals surface area contributed by atoms with E-state index in [1.165, 1.54) is 48.7 Å². The number of carbonyl (C=O) groups excluding carboxylic acids is 1. The maximum atomic E-state index is 13.7. The van der Waals surface area contributed by atoms with Crippen molar-refractivity contribution in [1.82, 2.24) is 19.4 Å². The molecule has 0 spiro atoms. The summed E-state index contributed by atoms with van der Waals surface area (Å²) in [5.41, 5.74) is 6.71. The number of fused-ring (bicyclic) bond motifs is 5. The molecule has 0 atom stereocenters. The number of imidazole rings is 1. The summed E-state index contributed by atoms with van der Waals surface area (Å²) in [5.74, 6) is 2.05. The number of ether oxygens (including phenoxy) is 1. The average Bonchev–Trinajstić information content (AvgIpc) is 3.34. The largest absolute Gasteiger partial charge is 0.491 e. The number of para-hydroxylation sites is 1. The van der Waals surface area contributed by atoms with Crippen LogP contribution in [-0.2, 0) is 18.6 Å². The molecule has 7 heteroatoms. The van der Waals surface area contributed by atoms with Crippen LogP contribution in [-0.4, -0.2) is 38.3 Å². The number of carbonyl (C=O) groups is 1. The first-order chi connectivity index (χ1) is 19.3. The molecule has 1 aliphatic carbocycles. The Hall–Kier alpha value is -3.58. The lowest BCUT2D eigenvalue weighted by molar-refractivity contribution is 0.0906. The fourth-order valence-electron chi connectivity index (χ4n) is 6.80. The van der Waals surface area contributed by atoms with Crippen LogP contribution in [0.4, 0.5) is 0 Å². The van der Waals surface area contributed by atoms with E-state index < -0.39 is 5.54 Å². The van der Waals surface area contributed by atoms with Crippen molar-refractivity contribution in [2.24, 2.45) is 0 Å². The molecule has 3 heterocycles. The van der Waals surface area contributed by atoms with Gasteiger partial charge in [-0.3, -0.25) is 4.79 Å². The van der Waals surface area contributed by atoms with Crippen LogP contribution in [0, 0.1) is 13.8 Å². The number of aliphatic hydroxyl groups excluding tert-OH is 1. The number of benzene rings is 2. The van der Waals surface area contributed by atoms with Gasteiger partial charge in [0.25, 0.3) is 5.91 Å². The highest BCUT2D eigenvalue weighted by molar-refractivity contribution is 6.01. The van der Waals surface area contributed by atoms with Gasteiger partial charge in [0.05, 0.1) is 30.1 Å². The first kappa shape index (κ1) is 26.6. The summed E-state index contributed by atoms with van der Waals surface area (Å²) in [5, 5.41) is 14.1. The maximum absolute atomic E-state index is 13.7. The molecule has 4 aromatic rings. The molecule has 2 aromatic carbocycles. The Bertz CT molecular complexity index is 1570. The second kappa shape index (κ2) is 10.4. The molecule has 1 saturated carbocycles. The van der Waals surface area contributed by atoms with Gasteiger partial charge in [0.1, 0.15) is 18.2 Å². The predicted octanol–water partition coefficient (Wildman–Crippen LogP) is 6.22. The molecule has 0 unspecified atom stereocenters. The number of rotatable bonds is 6. The molecular weight excluding hydrogens is 500 g/mol. The third-order valence-corrected chi connectivity index (χ3v) is 8.86. The standard InChI is InChI=1S/C33H40N4O3/c1-21-22(2)36(16-18-38)32(34-21)33(3,4)35-31(39)24-14-15-25-27(20-24)37-17-19-40-28-13-9-8-12-26(28)30(37)29(25)23-10-6-5-7-11-23/h8-9,12-15,20,23,38H,5-7,10-11,16-19H2,1-4H3,(H,35,39). The van der Waals surface area contributed by atoms with E-state index >= 15 is 0 Å². The van der Waals surface area contributed by atoms with Gasteiger partial charge in [0.2, 0.25) is 0 Å². The fourth-order valence-corrected chi connectivity index (χ4v) is 6.80. The Morgan fingerprint density at radius 3 is 2.67 bits per heavy atom. The van der Waals surface area contributed by atoms with Crippen molar-refractivity contribution in [2.45, 2.75) is 84.3 Å². The Kier molecular flexibility index (Phi) is 6.95. The zero-order valence-corrected chi connectivity index (χ0v) is 24.1. The van der Waals surface area contributed by atoms with E-state index in [1.54, 1.807) is 0 Å². The van der Waals surface area contributed by atoms with Crippen LogP contribution in [0.2, 0.25) is 0 Å². The van der Waals surface area contributed by atoms with Gasteiger partial charge in [-0.2, -0.15) is 0 Å². The van der Waals surface area contributed by atoms with Crippen molar-refractivity contribution < 1.29 is 14.6 Å². The van der Waals surface area contributed by atoms with Crippen molar-refractivity contribution in [2.75, 3.05) is 13.2 Å².